The Labute approximate surface area is 138 Å². The summed E-state index contributed by atoms with van der Waals surface area (Å²) in [5.74, 6) is -1.54. The second kappa shape index (κ2) is 7.96. The minimum Gasteiger partial charge on any atom is -0.452 e. The second-order valence-electron chi connectivity index (χ2n) is 5.14. The number of nitrogens with zero attached hydrogens (tertiary/aromatic N) is 2. The van der Waals surface area contributed by atoms with Crippen LogP contribution in [-0.2, 0) is 14.3 Å². The molecule has 0 bridgehead atoms. The van der Waals surface area contributed by atoms with Crippen LogP contribution in [0, 0.1) is 0 Å². The van der Waals surface area contributed by atoms with Gasteiger partial charge in [-0.25, -0.2) is 9.78 Å². The summed E-state index contributed by atoms with van der Waals surface area (Å²) in [6, 6.07) is 2.61. The normalized spacial score (nSPS) is 17.6. The predicted molar refractivity (Wildman–Crippen MR) is 84.8 cm³/mol. The molecule has 0 saturated carbocycles. The number of carbonyl (C=O) groups is 3. The van der Waals surface area contributed by atoms with Gasteiger partial charge in [-0.15, -0.1) is 11.8 Å². The van der Waals surface area contributed by atoms with Crippen LogP contribution >= 0.6 is 11.8 Å². The van der Waals surface area contributed by atoms with Gasteiger partial charge in [0.1, 0.15) is 11.1 Å². The second-order valence-corrected chi connectivity index (χ2v) is 5.93. The van der Waals surface area contributed by atoms with Crippen molar-refractivity contribution in [1.82, 2.24) is 9.88 Å². The lowest BCUT2D eigenvalue weighted by molar-refractivity contribution is -0.143. The van der Waals surface area contributed by atoms with E-state index in [-0.39, 0.29) is 0 Å². The van der Waals surface area contributed by atoms with E-state index >= 15 is 0 Å². The quantitative estimate of drug-likeness (QED) is 0.630. The van der Waals surface area contributed by atoms with Crippen molar-refractivity contribution in [2.75, 3.05) is 19.4 Å². The van der Waals surface area contributed by atoms with Crippen molar-refractivity contribution in [2.24, 2.45) is 5.73 Å². The van der Waals surface area contributed by atoms with Crippen LogP contribution in [-0.4, -0.2) is 53.1 Å². The molecule has 1 saturated heterocycles. The smallest absolute Gasteiger partial charge is 0.341 e. The van der Waals surface area contributed by atoms with E-state index in [4.69, 9.17) is 10.5 Å². The van der Waals surface area contributed by atoms with Crippen LogP contribution in [0.4, 0.5) is 0 Å². The first kappa shape index (κ1) is 17.3. The zero-order valence-corrected chi connectivity index (χ0v) is 13.7. The molecule has 2 amide bonds. The Kier molecular flexibility index (Phi) is 5.97. The Bertz CT molecular complexity index is 608. The first-order valence-electron chi connectivity index (χ1n) is 7.29. The molecular weight excluding hydrogens is 318 g/mol. The maximum absolute atomic E-state index is 12.2. The molecule has 0 aliphatic carbocycles. The maximum atomic E-state index is 12.2. The summed E-state index contributed by atoms with van der Waals surface area (Å²) in [6.45, 7) is 0.0400. The van der Waals surface area contributed by atoms with Gasteiger partial charge in [0, 0.05) is 12.7 Å². The van der Waals surface area contributed by atoms with Gasteiger partial charge in [0.15, 0.2) is 6.61 Å². The van der Waals surface area contributed by atoms with Crippen molar-refractivity contribution in [3.63, 3.8) is 0 Å². The van der Waals surface area contributed by atoms with E-state index in [0.29, 0.717) is 23.6 Å². The minimum atomic E-state index is -0.616. The van der Waals surface area contributed by atoms with Gasteiger partial charge in [0.2, 0.25) is 5.91 Å². The van der Waals surface area contributed by atoms with Gasteiger partial charge in [-0.2, -0.15) is 0 Å². The molecule has 7 nitrogen and oxygen atoms in total. The standard InChI is InChI=1S/C15H19N3O4S/c1-23-14-10(5-4-7-17-14)15(21)22-9-12(19)18-8-3-2-6-11(18)13(16)20/h4-5,7,11H,2-3,6,8-9H2,1H3,(H2,16,20)/t11-/m0/s1. The van der Waals surface area contributed by atoms with Crippen LogP contribution in [0.5, 0.6) is 0 Å². The number of hydrogen-bond acceptors (Lipinski definition) is 6. The molecule has 2 rings (SSSR count). The number of aromatic nitrogens is 1. The lowest BCUT2D eigenvalue weighted by Crippen LogP contribution is -2.51. The molecule has 8 heteroatoms. The number of primary amides is 1. The van der Waals surface area contributed by atoms with Gasteiger partial charge in [-0.05, 0) is 37.7 Å². The van der Waals surface area contributed by atoms with E-state index in [1.54, 1.807) is 24.6 Å². The largest absolute Gasteiger partial charge is 0.452 e. The van der Waals surface area contributed by atoms with Crippen LogP contribution in [0.25, 0.3) is 0 Å². The topological polar surface area (TPSA) is 103 Å². The van der Waals surface area contributed by atoms with Crippen molar-refractivity contribution in [3.05, 3.63) is 23.9 Å². The third-order valence-electron chi connectivity index (χ3n) is 3.66. The van der Waals surface area contributed by atoms with E-state index in [2.05, 4.69) is 4.98 Å². The molecule has 124 valence electrons. The van der Waals surface area contributed by atoms with Crippen molar-refractivity contribution < 1.29 is 19.1 Å². The van der Waals surface area contributed by atoms with Crippen molar-refractivity contribution in [1.29, 1.82) is 0 Å². The molecule has 0 unspecified atom stereocenters. The van der Waals surface area contributed by atoms with Gasteiger partial charge in [-0.3, -0.25) is 9.59 Å². The SMILES string of the molecule is CSc1ncccc1C(=O)OCC(=O)N1CCCC[C@H]1C(N)=O. The van der Waals surface area contributed by atoms with E-state index in [1.807, 2.05) is 0 Å². The highest BCUT2D eigenvalue weighted by molar-refractivity contribution is 7.98. The number of likely N-dealkylation sites (tertiary alicyclic amines) is 1. The Hall–Kier alpha value is -2.09. The number of amides is 2. The van der Waals surface area contributed by atoms with E-state index in [1.165, 1.54) is 16.7 Å². The van der Waals surface area contributed by atoms with E-state index in [0.717, 1.165) is 12.8 Å². The number of esters is 1. The third-order valence-corrected chi connectivity index (χ3v) is 4.37. The molecule has 1 fully saturated rings. The van der Waals surface area contributed by atoms with Crippen molar-refractivity contribution in [2.45, 2.75) is 30.3 Å². The fourth-order valence-electron chi connectivity index (χ4n) is 2.52. The van der Waals surface area contributed by atoms with Gasteiger partial charge >= 0.3 is 5.97 Å². The fraction of sp³-hybridized carbons (Fsp3) is 0.467. The number of thioether (sulfide) groups is 1. The number of ether oxygens (including phenoxy) is 1. The molecule has 0 spiro atoms. The van der Waals surface area contributed by atoms with Crippen LogP contribution in [0.15, 0.2) is 23.4 Å². The highest BCUT2D eigenvalue weighted by Gasteiger charge is 2.31. The monoisotopic (exact) mass is 337 g/mol. The van der Waals surface area contributed by atoms with Gasteiger partial charge in [0.05, 0.1) is 5.56 Å². The van der Waals surface area contributed by atoms with Crippen molar-refractivity contribution >= 4 is 29.5 Å². The number of nitrogens with two attached hydrogens (primary N) is 1. The Morgan fingerprint density at radius 1 is 1.43 bits per heavy atom. The molecule has 2 heterocycles. The third kappa shape index (κ3) is 4.22. The number of pyridine rings is 1. The molecule has 2 N–H and O–H groups in total. The summed E-state index contributed by atoms with van der Waals surface area (Å²) in [4.78, 5) is 41.2. The van der Waals surface area contributed by atoms with E-state index in [9.17, 15) is 14.4 Å². The first-order chi connectivity index (χ1) is 11.0. The molecule has 1 aromatic heterocycles. The number of rotatable bonds is 5. The number of carbonyl (C=O) groups excluding carboxylic acids is 3. The molecule has 1 atom stereocenters. The van der Waals surface area contributed by atoms with Crippen LogP contribution in [0.1, 0.15) is 29.6 Å². The molecule has 0 aromatic carbocycles. The van der Waals surface area contributed by atoms with E-state index < -0.39 is 30.4 Å². The summed E-state index contributed by atoms with van der Waals surface area (Å²) >= 11 is 1.32. The number of piperidine rings is 1. The Morgan fingerprint density at radius 2 is 2.22 bits per heavy atom. The number of hydrogen-bond donors (Lipinski definition) is 1. The Balaban J connectivity index is 1.98. The minimum absolute atomic E-state index is 0.317. The molecular formula is C15H19N3O4S. The summed E-state index contributed by atoms with van der Waals surface area (Å²) in [6.07, 6.45) is 5.59. The van der Waals surface area contributed by atoms with Crippen molar-refractivity contribution in [3.8, 4) is 0 Å². The fourth-order valence-corrected chi connectivity index (χ4v) is 3.06. The summed E-state index contributed by atoms with van der Waals surface area (Å²) in [5.41, 5.74) is 5.65. The van der Waals surface area contributed by atoms with Gasteiger partial charge < -0.3 is 15.4 Å². The zero-order chi connectivity index (χ0) is 16.8. The Morgan fingerprint density at radius 3 is 2.91 bits per heavy atom. The highest BCUT2D eigenvalue weighted by atomic mass is 32.2. The average molecular weight is 337 g/mol. The lowest BCUT2D eigenvalue weighted by atomic mass is 10.0. The van der Waals surface area contributed by atoms with Gasteiger partial charge in [0.25, 0.3) is 5.91 Å². The predicted octanol–water partition coefficient (Wildman–Crippen LogP) is 0.827. The van der Waals surface area contributed by atoms with Crippen LogP contribution < -0.4 is 5.73 Å². The zero-order valence-electron chi connectivity index (χ0n) is 12.9. The summed E-state index contributed by atoms with van der Waals surface area (Å²) in [5, 5.41) is 0.540. The molecule has 1 aromatic rings. The molecule has 23 heavy (non-hydrogen) atoms. The highest BCUT2D eigenvalue weighted by Crippen LogP contribution is 2.19. The van der Waals surface area contributed by atoms with Crippen LogP contribution in [0.2, 0.25) is 0 Å². The molecule has 1 aliphatic heterocycles. The molecule has 0 radical (unpaired) electrons. The average Bonchev–Trinajstić information content (AvgIpc) is 2.59. The summed E-state index contributed by atoms with van der Waals surface area (Å²) < 4.78 is 5.08. The maximum Gasteiger partial charge on any atom is 0.341 e. The van der Waals surface area contributed by atoms with Crippen LogP contribution in [0.3, 0.4) is 0 Å². The molecule has 1 aliphatic rings. The van der Waals surface area contributed by atoms with Gasteiger partial charge in [-0.1, -0.05) is 0 Å². The lowest BCUT2D eigenvalue weighted by Gasteiger charge is -2.33. The summed E-state index contributed by atoms with van der Waals surface area (Å²) in [7, 11) is 0. The first-order valence-corrected chi connectivity index (χ1v) is 8.52.